The number of aryl methyl sites for hydroxylation is 2. The van der Waals surface area contributed by atoms with Crippen LogP contribution in [0, 0.1) is 25.1 Å². The smallest absolute Gasteiger partial charge is 0.165 e. The summed E-state index contributed by atoms with van der Waals surface area (Å²) >= 11 is 0. The van der Waals surface area contributed by atoms with Gasteiger partial charge in [0.1, 0.15) is 12.4 Å². The maximum Gasteiger partial charge on any atom is 0.165 e. The van der Waals surface area contributed by atoms with Crippen LogP contribution in [0.1, 0.15) is 22.3 Å². The molecule has 0 aromatic heterocycles. The van der Waals surface area contributed by atoms with Gasteiger partial charge >= 0.3 is 0 Å². The zero-order valence-electron chi connectivity index (χ0n) is 11.5. The van der Waals surface area contributed by atoms with Crippen molar-refractivity contribution in [3.63, 3.8) is 0 Å². The average Bonchev–Trinajstić information content (AvgIpc) is 2.40. The maximum absolute atomic E-state index is 13.6. The Labute approximate surface area is 117 Å². The number of ether oxygens (including phenoxy) is 1. The molecule has 0 saturated carbocycles. The predicted octanol–water partition coefficient (Wildman–Crippen LogP) is 3.31. The van der Waals surface area contributed by atoms with Crippen LogP contribution in [0.5, 0.6) is 5.75 Å². The van der Waals surface area contributed by atoms with E-state index in [2.05, 4.69) is 0 Å². The van der Waals surface area contributed by atoms with Crippen LogP contribution in [0.15, 0.2) is 36.4 Å². The fourth-order valence-corrected chi connectivity index (χ4v) is 1.90. The number of rotatable bonds is 4. The van der Waals surface area contributed by atoms with E-state index in [1.165, 1.54) is 6.07 Å². The second-order valence-electron chi connectivity index (χ2n) is 4.78. The molecule has 2 aromatic rings. The molecule has 0 aliphatic rings. The Hall–Kier alpha value is -2.36. The van der Waals surface area contributed by atoms with E-state index in [9.17, 15) is 4.39 Å². The molecule has 20 heavy (non-hydrogen) atoms. The number of amidine groups is 1. The second kappa shape index (κ2) is 5.74. The van der Waals surface area contributed by atoms with Crippen LogP contribution in [-0.2, 0) is 6.61 Å². The number of halogens is 1. The van der Waals surface area contributed by atoms with Crippen LogP contribution in [0.3, 0.4) is 0 Å². The van der Waals surface area contributed by atoms with Crippen LogP contribution in [0.4, 0.5) is 4.39 Å². The van der Waals surface area contributed by atoms with Gasteiger partial charge in [-0.3, -0.25) is 5.41 Å². The molecular weight excluding hydrogens is 255 g/mol. The van der Waals surface area contributed by atoms with Crippen molar-refractivity contribution in [2.24, 2.45) is 5.73 Å². The molecule has 2 aromatic carbocycles. The van der Waals surface area contributed by atoms with Gasteiger partial charge in [0.05, 0.1) is 0 Å². The summed E-state index contributed by atoms with van der Waals surface area (Å²) in [6.07, 6.45) is 0. The molecule has 0 atom stereocenters. The number of nitrogens with two attached hydrogens (primary N) is 1. The third-order valence-corrected chi connectivity index (χ3v) is 3.12. The molecule has 0 spiro atoms. The first-order valence-corrected chi connectivity index (χ1v) is 6.30. The highest BCUT2D eigenvalue weighted by atomic mass is 19.1. The standard InChI is InChI=1S/C16H17FN2O/c1-10-3-6-14(17)15(7-10)20-9-13-5-4-12(16(18)19)8-11(13)2/h3-8H,9H2,1-2H3,(H3,18,19). The van der Waals surface area contributed by atoms with E-state index >= 15 is 0 Å². The van der Waals surface area contributed by atoms with E-state index in [0.717, 1.165) is 16.7 Å². The summed E-state index contributed by atoms with van der Waals surface area (Å²) in [6.45, 7) is 4.08. The summed E-state index contributed by atoms with van der Waals surface area (Å²) in [4.78, 5) is 0. The number of nitrogen functional groups attached to an aromatic ring is 1. The van der Waals surface area contributed by atoms with Crippen molar-refractivity contribution < 1.29 is 9.13 Å². The Bertz CT molecular complexity index is 653. The van der Waals surface area contributed by atoms with Crippen LogP contribution in [0.25, 0.3) is 0 Å². The molecule has 0 fully saturated rings. The SMILES string of the molecule is Cc1ccc(F)c(OCc2ccc(C(=N)N)cc2C)c1. The average molecular weight is 272 g/mol. The molecule has 0 heterocycles. The van der Waals surface area contributed by atoms with Crippen molar-refractivity contribution in [1.29, 1.82) is 5.41 Å². The molecule has 3 nitrogen and oxygen atoms in total. The molecule has 0 aliphatic carbocycles. The molecule has 4 heteroatoms. The maximum atomic E-state index is 13.6. The minimum atomic E-state index is -0.367. The lowest BCUT2D eigenvalue weighted by molar-refractivity contribution is 0.289. The molecule has 0 amide bonds. The minimum Gasteiger partial charge on any atom is -0.486 e. The summed E-state index contributed by atoms with van der Waals surface area (Å²) in [5.74, 6) is -0.0843. The second-order valence-corrected chi connectivity index (χ2v) is 4.78. The van der Waals surface area contributed by atoms with Crippen molar-refractivity contribution in [1.82, 2.24) is 0 Å². The van der Waals surface area contributed by atoms with Crippen LogP contribution in [0.2, 0.25) is 0 Å². The Morgan fingerprint density at radius 3 is 2.60 bits per heavy atom. The van der Waals surface area contributed by atoms with E-state index in [4.69, 9.17) is 15.9 Å². The fourth-order valence-electron chi connectivity index (χ4n) is 1.90. The highest BCUT2D eigenvalue weighted by Crippen LogP contribution is 2.20. The lowest BCUT2D eigenvalue weighted by Gasteiger charge is -2.11. The predicted molar refractivity (Wildman–Crippen MR) is 77.7 cm³/mol. The number of hydrogen-bond donors (Lipinski definition) is 2. The van der Waals surface area contributed by atoms with Gasteiger partial charge in [-0.05, 0) is 48.7 Å². The topological polar surface area (TPSA) is 59.1 Å². The zero-order chi connectivity index (χ0) is 14.7. The van der Waals surface area contributed by atoms with Gasteiger partial charge in [0.25, 0.3) is 0 Å². The number of hydrogen-bond acceptors (Lipinski definition) is 2. The Morgan fingerprint density at radius 2 is 1.95 bits per heavy atom. The van der Waals surface area contributed by atoms with Crippen LogP contribution in [-0.4, -0.2) is 5.84 Å². The van der Waals surface area contributed by atoms with Gasteiger partial charge in [0, 0.05) is 5.56 Å². The monoisotopic (exact) mass is 272 g/mol. The molecule has 0 radical (unpaired) electrons. The molecule has 0 unspecified atom stereocenters. The van der Waals surface area contributed by atoms with Crippen LogP contribution >= 0.6 is 0 Å². The number of benzene rings is 2. The Kier molecular flexibility index (Phi) is 4.03. The van der Waals surface area contributed by atoms with Crippen molar-refractivity contribution in [3.8, 4) is 5.75 Å². The molecular formula is C16H17FN2O. The van der Waals surface area contributed by atoms with Gasteiger partial charge < -0.3 is 10.5 Å². The van der Waals surface area contributed by atoms with E-state index in [0.29, 0.717) is 5.56 Å². The third kappa shape index (κ3) is 3.15. The molecule has 0 bridgehead atoms. The van der Waals surface area contributed by atoms with Crippen molar-refractivity contribution in [2.45, 2.75) is 20.5 Å². The van der Waals surface area contributed by atoms with E-state index in [1.54, 1.807) is 18.2 Å². The van der Waals surface area contributed by atoms with Gasteiger partial charge in [-0.2, -0.15) is 0 Å². The van der Waals surface area contributed by atoms with E-state index in [-0.39, 0.29) is 24.0 Å². The first-order chi connectivity index (χ1) is 9.47. The largest absolute Gasteiger partial charge is 0.486 e. The summed E-state index contributed by atoms with van der Waals surface area (Å²) < 4.78 is 19.1. The summed E-state index contributed by atoms with van der Waals surface area (Å²) in [6, 6.07) is 10.2. The molecule has 3 N–H and O–H groups in total. The Balaban J connectivity index is 2.15. The van der Waals surface area contributed by atoms with Gasteiger partial charge in [0.2, 0.25) is 0 Å². The van der Waals surface area contributed by atoms with E-state index < -0.39 is 0 Å². The van der Waals surface area contributed by atoms with Crippen molar-refractivity contribution >= 4 is 5.84 Å². The summed E-state index contributed by atoms with van der Waals surface area (Å²) in [7, 11) is 0. The first kappa shape index (κ1) is 14.1. The molecule has 104 valence electrons. The molecule has 2 rings (SSSR count). The highest BCUT2D eigenvalue weighted by Gasteiger charge is 2.06. The summed E-state index contributed by atoms with van der Waals surface area (Å²) in [5, 5.41) is 7.39. The fraction of sp³-hybridized carbons (Fsp3) is 0.188. The lowest BCUT2D eigenvalue weighted by Crippen LogP contribution is -2.11. The quantitative estimate of drug-likeness (QED) is 0.662. The van der Waals surface area contributed by atoms with Crippen molar-refractivity contribution in [2.75, 3.05) is 0 Å². The lowest BCUT2D eigenvalue weighted by atomic mass is 10.1. The van der Waals surface area contributed by atoms with Gasteiger partial charge in [-0.25, -0.2) is 4.39 Å². The first-order valence-electron chi connectivity index (χ1n) is 6.30. The summed E-state index contributed by atoms with van der Waals surface area (Å²) in [5.41, 5.74) is 8.96. The normalized spacial score (nSPS) is 10.3. The third-order valence-electron chi connectivity index (χ3n) is 3.12. The molecule has 0 aliphatic heterocycles. The van der Waals surface area contributed by atoms with Gasteiger partial charge in [0.15, 0.2) is 11.6 Å². The van der Waals surface area contributed by atoms with Crippen LogP contribution < -0.4 is 10.5 Å². The zero-order valence-corrected chi connectivity index (χ0v) is 11.5. The highest BCUT2D eigenvalue weighted by molar-refractivity contribution is 5.95. The Morgan fingerprint density at radius 1 is 1.20 bits per heavy atom. The van der Waals surface area contributed by atoms with Gasteiger partial charge in [-0.1, -0.05) is 18.2 Å². The van der Waals surface area contributed by atoms with Gasteiger partial charge in [-0.15, -0.1) is 0 Å². The number of nitrogens with one attached hydrogen (secondary N) is 1. The van der Waals surface area contributed by atoms with Crippen molar-refractivity contribution in [3.05, 3.63) is 64.5 Å². The molecule has 0 saturated heterocycles. The van der Waals surface area contributed by atoms with E-state index in [1.807, 2.05) is 26.0 Å². The minimum absolute atomic E-state index is 0.0327.